The molecule has 1 aliphatic heterocycles. The van der Waals surface area contributed by atoms with Gasteiger partial charge in [0, 0.05) is 12.0 Å². The first-order chi connectivity index (χ1) is 10.2. The van der Waals surface area contributed by atoms with Crippen molar-refractivity contribution in [2.24, 2.45) is 17.8 Å². The maximum atomic E-state index is 5.93. The second-order valence-electron chi connectivity index (χ2n) is 6.74. The van der Waals surface area contributed by atoms with Gasteiger partial charge in [-0.1, -0.05) is 26.8 Å². The normalized spacial score (nSPS) is 28.8. The standard InChI is InChI=1S/C18H27NO2/c1-4-7-19-18(15-8-13(15)3)14-5-6-16-17(9-14)21-11-12(2)10-20-16/h5-6,9,12-13,15,18-19H,4,7-8,10-11H2,1-3H3. The van der Waals surface area contributed by atoms with E-state index in [0.29, 0.717) is 12.0 Å². The fourth-order valence-electron chi connectivity index (χ4n) is 3.09. The van der Waals surface area contributed by atoms with Gasteiger partial charge in [0.25, 0.3) is 0 Å². The molecule has 4 unspecified atom stereocenters. The highest BCUT2D eigenvalue weighted by atomic mass is 16.5. The summed E-state index contributed by atoms with van der Waals surface area (Å²) in [5, 5.41) is 3.71. The van der Waals surface area contributed by atoms with E-state index in [4.69, 9.17) is 9.47 Å². The van der Waals surface area contributed by atoms with E-state index < -0.39 is 0 Å². The summed E-state index contributed by atoms with van der Waals surface area (Å²) < 4.78 is 11.8. The van der Waals surface area contributed by atoms with Crippen molar-refractivity contribution in [1.29, 1.82) is 0 Å². The zero-order chi connectivity index (χ0) is 14.8. The summed E-state index contributed by atoms with van der Waals surface area (Å²) in [6, 6.07) is 6.92. The van der Waals surface area contributed by atoms with Crippen LogP contribution in [0.4, 0.5) is 0 Å². The van der Waals surface area contributed by atoms with Crippen LogP contribution in [0, 0.1) is 17.8 Å². The van der Waals surface area contributed by atoms with Gasteiger partial charge in [0.15, 0.2) is 11.5 Å². The van der Waals surface area contributed by atoms with E-state index in [1.165, 1.54) is 18.4 Å². The zero-order valence-corrected chi connectivity index (χ0v) is 13.4. The minimum Gasteiger partial charge on any atom is -0.489 e. The molecule has 2 aliphatic rings. The molecule has 3 nitrogen and oxygen atoms in total. The smallest absolute Gasteiger partial charge is 0.161 e. The molecule has 1 aromatic carbocycles. The number of hydrogen-bond donors (Lipinski definition) is 1. The Labute approximate surface area is 128 Å². The largest absolute Gasteiger partial charge is 0.489 e. The Morgan fingerprint density at radius 1 is 1.19 bits per heavy atom. The Morgan fingerprint density at radius 3 is 2.57 bits per heavy atom. The molecule has 1 N–H and O–H groups in total. The number of hydrogen-bond acceptors (Lipinski definition) is 3. The summed E-state index contributed by atoms with van der Waals surface area (Å²) in [6.45, 7) is 9.27. The Hall–Kier alpha value is -1.22. The number of ether oxygens (including phenoxy) is 2. The van der Waals surface area contributed by atoms with Crippen LogP contribution in [-0.4, -0.2) is 19.8 Å². The van der Waals surface area contributed by atoms with Crippen LogP contribution in [0.5, 0.6) is 11.5 Å². The molecule has 0 bridgehead atoms. The summed E-state index contributed by atoms with van der Waals surface area (Å²) in [6.07, 6.45) is 2.49. The first kappa shape index (κ1) is 14.7. The summed E-state index contributed by atoms with van der Waals surface area (Å²) >= 11 is 0. The lowest BCUT2D eigenvalue weighted by atomic mass is 10.0. The van der Waals surface area contributed by atoms with Gasteiger partial charge in [0.1, 0.15) is 0 Å². The van der Waals surface area contributed by atoms with Crippen LogP contribution >= 0.6 is 0 Å². The average Bonchev–Trinajstić information content (AvgIpc) is 3.23. The van der Waals surface area contributed by atoms with Gasteiger partial charge in [-0.25, -0.2) is 0 Å². The Kier molecular flexibility index (Phi) is 4.39. The number of nitrogens with one attached hydrogen (secondary N) is 1. The molecule has 1 fully saturated rings. The van der Waals surface area contributed by atoms with Gasteiger partial charge in [-0.05, 0) is 48.9 Å². The molecule has 0 spiro atoms. The molecule has 3 rings (SSSR count). The average molecular weight is 289 g/mol. The molecule has 0 radical (unpaired) electrons. The van der Waals surface area contributed by atoms with Crippen molar-refractivity contribution in [2.45, 2.75) is 39.7 Å². The maximum absolute atomic E-state index is 5.93. The molecule has 3 heteroatoms. The highest BCUT2D eigenvalue weighted by Gasteiger charge is 2.40. The second-order valence-corrected chi connectivity index (χ2v) is 6.74. The van der Waals surface area contributed by atoms with Gasteiger partial charge in [0.2, 0.25) is 0 Å². The van der Waals surface area contributed by atoms with Crippen LogP contribution in [-0.2, 0) is 0 Å². The van der Waals surface area contributed by atoms with E-state index in [1.807, 2.05) is 0 Å². The molecule has 1 aliphatic carbocycles. The van der Waals surface area contributed by atoms with Gasteiger partial charge in [-0.15, -0.1) is 0 Å². The Balaban J connectivity index is 1.80. The predicted molar refractivity (Wildman–Crippen MR) is 84.9 cm³/mol. The van der Waals surface area contributed by atoms with Crippen molar-refractivity contribution in [3.63, 3.8) is 0 Å². The fourth-order valence-corrected chi connectivity index (χ4v) is 3.09. The van der Waals surface area contributed by atoms with Gasteiger partial charge >= 0.3 is 0 Å². The van der Waals surface area contributed by atoms with E-state index in [2.05, 4.69) is 44.3 Å². The minimum absolute atomic E-state index is 0.443. The SMILES string of the molecule is CCCNC(c1ccc2c(c1)OCC(C)CO2)C1CC1C. The van der Waals surface area contributed by atoms with Crippen molar-refractivity contribution >= 4 is 0 Å². The lowest BCUT2D eigenvalue weighted by Crippen LogP contribution is -2.24. The van der Waals surface area contributed by atoms with Crippen LogP contribution < -0.4 is 14.8 Å². The van der Waals surface area contributed by atoms with Crippen molar-refractivity contribution in [3.05, 3.63) is 23.8 Å². The molecular formula is C18H27NO2. The van der Waals surface area contributed by atoms with Gasteiger partial charge < -0.3 is 14.8 Å². The van der Waals surface area contributed by atoms with Crippen molar-refractivity contribution in [3.8, 4) is 11.5 Å². The lowest BCUT2D eigenvalue weighted by molar-refractivity contribution is 0.228. The minimum atomic E-state index is 0.443. The highest BCUT2D eigenvalue weighted by molar-refractivity contribution is 5.44. The van der Waals surface area contributed by atoms with Gasteiger partial charge in [0.05, 0.1) is 13.2 Å². The highest BCUT2D eigenvalue weighted by Crippen LogP contribution is 2.48. The summed E-state index contributed by atoms with van der Waals surface area (Å²) in [7, 11) is 0. The van der Waals surface area contributed by atoms with Crippen molar-refractivity contribution in [1.82, 2.24) is 5.32 Å². The molecule has 1 aromatic rings. The van der Waals surface area contributed by atoms with Crippen LogP contribution in [0.2, 0.25) is 0 Å². The number of rotatable bonds is 5. The third kappa shape index (κ3) is 3.34. The van der Waals surface area contributed by atoms with Crippen LogP contribution in [0.25, 0.3) is 0 Å². The molecule has 4 atom stereocenters. The quantitative estimate of drug-likeness (QED) is 0.894. The molecule has 1 heterocycles. The monoisotopic (exact) mass is 289 g/mol. The maximum Gasteiger partial charge on any atom is 0.161 e. The van der Waals surface area contributed by atoms with E-state index in [1.54, 1.807) is 0 Å². The van der Waals surface area contributed by atoms with Crippen LogP contribution in [0.1, 0.15) is 45.2 Å². The van der Waals surface area contributed by atoms with Gasteiger partial charge in [-0.3, -0.25) is 0 Å². The van der Waals surface area contributed by atoms with Gasteiger partial charge in [-0.2, -0.15) is 0 Å². The summed E-state index contributed by atoms with van der Waals surface area (Å²) in [4.78, 5) is 0. The first-order valence-electron chi connectivity index (χ1n) is 8.32. The fraction of sp³-hybridized carbons (Fsp3) is 0.667. The molecule has 116 valence electrons. The molecule has 1 saturated carbocycles. The van der Waals surface area contributed by atoms with Crippen LogP contribution in [0.15, 0.2) is 18.2 Å². The molecule has 0 aromatic heterocycles. The topological polar surface area (TPSA) is 30.5 Å². The molecule has 21 heavy (non-hydrogen) atoms. The number of fused-ring (bicyclic) bond motifs is 1. The molecule has 0 amide bonds. The first-order valence-corrected chi connectivity index (χ1v) is 8.32. The number of benzene rings is 1. The summed E-state index contributed by atoms with van der Waals surface area (Å²) in [5.41, 5.74) is 1.34. The third-order valence-corrected chi connectivity index (χ3v) is 4.59. The predicted octanol–water partition coefficient (Wildman–Crippen LogP) is 3.79. The van der Waals surface area contributed by atoms with Crippen molar-refractivity contribution in [2.75, 3.05) is 19.8 Å². The van der Waals surface area contributed by atoms with E-state index in [0.717, 1.165) is 43.1 Å². The second kappa shape index (κ2) is 6.27. The Morgan fingerprint density at radius 2 is 1.90 bits per heavy atom. The third-order valence-electron chi connectivity index (χ3n) is 4.59. The van der Waals surface area contributed by atoms with E-state index in [-0.39, 0.29) is 0 Å². The van der Waals surface area contributed by atoms with Crippen molar-refractivity contribution < 1.29 is 9.47 Å². The van der Waals surface area contributed by atoms with E-state index >= 15 is 0 Å². The zero-order valence-electron chi connectivity index (χ0n) is 13.4. The summed E-state index contributed by atoms with van der Waals surface area (Å²) in [5.74, 6) is 3.84. The molecular weight excluding hydrogens is 262 g/mol. The Bertz CT molecular complexity index is 488. The van der Waals surface area contributed by atoms with E-state index in [9.17, 15) is 0 Å². The lowest BCUT2D eigenvalue weighted by Gasteiger charge is -2.20. The molecule has 0 saturated heterocycles. The van der Waals surface area contributed by atoms with Crippen LogP contribution in [0.3, 0.4) is 0 Å².